The summed E-state index contributed by atoms with van der Waals surface area (Å²) < 4.78 is 28.2. The second-order valence-corrected chi connectivity index (χ2v) is 8.88. The largest absolute Gasteiger partial charge is 0.322 e. The molecule has 0 fully saturated rings. The third kappa shape index (κ3) is 5.23. The van der Waals surface area contributed by atoms with Crippen molar-refractivity contribution in [2.75, 3.05) is 5.32 Å². The Balaban J connectivity index is 1.82. The number of hydrogen-bond donors (Lipinski definition) is 2. The molecular formula is C22H21ClN2O3S. The molecule has 0 atom stereocenters. The Labute approximate surface area is 175 Å². The van der Waals surface area contributed by atoms with Gasteiger partial charge in [0.05, 0.1) is 4.90 Å². The molecule has 0 heterocycles. The van der Waals surface area contributed by atoms with Crippen molar-refractivity contribution in [3.63, 3.8) is 0 Å². The first kappa shape index (κ1) is 21.0. The monoisotopic (exact) mass is 428 g/mol. The zero-order valence-corrected chi connectivity index (χ0v) is 17.6. The molecule has 0 aliphatic heterocycles. The summed E-state index contributed by atoms with van der Waals surface area (Å²) in [5.41, 5.74) is 3.09. The zero-order valence-electron chi connectivity index (χ0n) is 16.1. The first-order valence-corrected chi connectivity index (χ1v) is 10.8. The van der Waals surface area contributed by atoms with E-state index in [-0.39, 0.29) is 17.0 Å². The lowest BCUT2D eigenvalue weighted by atomic mass is 10.1. The van der Waals surface area contributed by atoms with Gasteiger partial charge in [-0.05, 0) is 60.9 Å². The third-order valence-corrected chi connectivity index (χ3v) is 6.26. The number of halogens is 1. The molecule has 0 radical (unpaired) electrons. The Morgan fingerprint density at radius 2 is 1.66 bits per heavy atom. The predicted octanol–water partition coefficient (Wildman–Crippen LogP) is 4.69. The van der Waals surface area contributed by atoms with Gasteiger partial charge >= 0.3 is 0 Å². The summed E-state index contributed by atoms with van der Waals surface area (Å²) in [6.45, 7) is 3.70. The summed E-state index contributed by atoms with van der Waals surface area (Å²) >= 11 is 5.95. The maximum Gasteiger partial charge on any atom is 0.255 e. The molecule has 0 aliphatic carbocycles. The van der Waals surface area contributed by atoms with E-state index in [1.54, 1.807) is 37.3 Å². The number of hydrogen-bond acceptors (Lipinski definition) is 3. The lowest BCUT2D eigenvalue weighted by Crippen LogP contribution is -2.24. The number of rotatable bonds is 6. The van der Waals surface area contributed by atoms with Crippen LogP contribution in [0.1, 0.15) is 27.0 Å². The van der Waals surface area contributed by atoms with E-state index in [9.17, 15) is 13.2 Å². The van der Waals surface area contributed by atoms with Gasteiger partial charge in [-0.3, -0.25) is 4.79 Å². The van der Waals surface area contributed by atoms with Crippen LogP contribution in [0.5, 0.6) is 0 Å². The Bertz CT molecular complexity index is 1150. The fraction of sp³-hybridized carbons (Fsp3) is 0.136. The van der Waals surface area contributed by atoms with E-state index in [2.05, 4.69) is 10.0 Å². The van der Waals surface area contributed by atoms with Gasteiger partial charge in [0, 0.05) is 22.8 Å². The lowest BCUT2D eigenvalue weighted by molar-refractivity contribution is 0.102. The van der Waals surface area contributed by atoms with Crippen molar-refractivity contribution in [2.24, 2.45) is 0 Å². The summed E-state index contributed by atoms with van der Waals surface area (Å²) in [4.78, 5) is 12.7. The van der Waals surface area contributed by atoms with Crippen molar-refractivity contribution in [3.05, 3.63) is 94.0 Å². The van der Waals surface area contributed by atoms with Crippen LogP contribution in [0, 0.1) is 13.8 Å². The van der Waals surface area contributed by atoms with Crippen LogP contribution in [0.25, 0.3) is 0 Å². The molecule has 7 heteroatoms. The standard InChI is InChI=1S/C22H21ClN2O3S/c1-15-8-9-18(22(26)25-20-11-10-19(23)12-16(20)2)13-21(15)29(27,28)24-14-17-6-4-3-5-7-17/h3-13,24H,14H2,1-2H3,(H,25,26). The zero-order chi connectivity index (χ0) is 21.0. The average Bonchev–Trinajstić information content (AvgIpc) is 2.69. The van der Waals surface area contributed by atoms with Gasteiger partial charge in [0.25, 0.3) is 5.91 Å². The molecule has 2 N–H and O–H groups in total. The van der Waals surface area contributed by atoms with Gasteiger partial charge in [-0.15, -0.1) is 0 Å². The van der Waals surface area contributed by atoms with Gasteiger partial charge in [-0.25, -0.2) is 13.1 Å². The summed E-state index contributed by atoms with van der Waals surface area (Å²) in [5.74, 6) is -0.394. The van der Waals surface area contributed by atoms with E-state index in [4.69, 9.17) is 11.6 Å². The van der Waals surface area contributed by atoms with Crippen molar-refractivity contribution in [3.8, 4) is 0 Å². The summed E-state index contributed by atoms with van der Waals surface area (Å²) in [6, 6.07) is 19.0. The number of carbonyl (C=O) groups excluding carboxylic acids is 1. The molecule has 1 amide bonds. The number of sulfonamides is 1. The minimum absolute atomic E-state index is 0.0777. The molecule has 0 unspecified atom stereocenters. The van der Waals surface area contributed by atoms with Gasteiger partial charge in [0.2, 0.25) is 10.0 Å². The molecule has 0 spiro atoms. The van der Waals surface area contributed by atoms with E-state index in [0.717, 1.165) is 11.1 Å². The highest BCUT2D eigenvalue weighted by Gasteiger charge is 2.19. The fourth-order valence-electron chi connectivity index (χ4n) is 2.84. The van der Waals surface area contributed by atoms with E-state index in [0.29, 0.717) is 16.3 Å². The van der Waals surface area contributed by atoms with Gasteiger partial charge in [-0.2, -0.15) is 0 Å². The van der Waals surface area contributed by atoms with Crippen molar-refractivity contribution >= 4 is 33.2 Å². The third-order valence-electron chi connectivity index (χ3n) is 4.49. The Morgan fingerprint density at radius 1 is 0.931 bits per heavy atom. The van der Waals surface area contributed by atoms with E-state index >= 15 is 0 Å². The Kier molecular flexibility index (Phi) is 6.37. The Hall–Kier alpha value is -2.67. The topological polar surface area (TPSA) is 75.3 Å². The molecule has 3 rings (SSSR count). The number of nitrogens with one attached hydrogen (secondary N) is 2. The lowest BCUT2D eigenvalue weighted by Gasteiger charge is -2.12. The second-order valence-electron chi connectivity index (χ2n) is 6.70. The molecule has 0 aromatic heterocycles. The predicted molar refractivity (Wildman–Crippen MR) is 116 cm³/mol. The SMILES string of the molecule is Cc1cc(Cl)ccc1NC(=O)c1ccc(C)c(S(=O)(=O)NCc2ccccc2)c1. The van der Waals surface area contributed by atoms with Crippen molar-refractivity contribution in [1.29, 1.82) is 0 Å². The minimum Gasteiger partial charge on any atom is -0.322 e. The van der Waals surface area contributed by atoms with E-state index in [1.165, 1.54) is 6.07 Å². The molecule has 150 valence electrons. The molecule has 3 aromatic carbocycles. The molecular weight excluding hydrogens is 408 g/mol. The quantitative estimate of drug-likeness (QED) is 0.598. The van der Waals surface area contributed by atoms with Gasteiger partial charge in [0.1, 0.15) is 0 Å². The van der Waals surface area contributed by atoms with Gasteiger partial charge in [0.15, 0.2) is 0 Å². The maximum atomic E-state index is 12.8. The highest BCUT2D eigenvalue weighted by Crippen LogP contribution is 2.22. The molecule has 3 aromatic rings. The van der Waals surface area contributed by atoms with Crippen LogP contribution in [0.4, 0.5) is 5.69 Å². The molecule has 29 heavy (non-hydrogen) atoms. The minimum atomic E-state index is -3.78. The van der Waals surface area contributed by atoms with Crippen molar-refractivity contribution in [2.45, 2.75) is 25.3 Å². The van der Waals surface area contributed by atoms with Crippen LogP contribution in [0.15, 0.2) is 71.6 Å². The second kappa shape index (κ2) is 8.78. The number of aryl methyl sites for hydroxylation is 2. The molecule has 0 saturated carbocycles. The summed E-state index contributed by atoms with van der Waals surface area (Å²) in [7, 11) is -3.78. The summed E-state index contributed by atoms with van der Waals surface area (Å²) in [5, 5.41) is 3.37. The fourth-order valence-corrected chi connectivity index (χ4v) is 4.36. The maximum absolute atomic E-state index is 12.8. The van der Waals surface area contributed by atoms with Crippen LogP contribution >= 0.6 is 11.6 Å². The first-order valence-electron chi connectivity index (χ1n) is 8.98. The van der Waals surface area contributed by atoms with Crippen molar-refractivity contribution in [1.82, 2.24) is 4.72 Å². The van der Waals surface area contributed by atoms with Crippen LogP contribution in [-0.2, 0) is 16.6 Å². The average molecular weight is 429 g/mol. The van der Waals surface area contributed by atoms with Gasteiger partial charge in [-0.1, -0.05) is 48.0 Å². The van der Waals surface area contributed by atoms with Gasteiger partial charge < -0.3 is 5.32 Å². The molecule has 0 bridgehead atoms. The smallest absolute Gasteiger partial charge is 0.255 e. The van der Waals surface area contributed by atoms with Crippen molar-refractivity contribution < 1.29 is 13.2 Å². The molecule has 5 nitrogen and oxygen atoms in total. The number of benzene rings is 3. The van der Waals surface area contributed by atoms with Crippen LogP contribution < -0.4 is 10.0 Å². The van der Waals surface area contributed by atoms with Crippen LogP contribution in [-0.4, -0.2) is 14.3 Å². The summed E-state index contributed by atoms with van der Waals surface area (Å²) in [6.07, 6.45) is 0. The molecule has 0 saturated heterocycles. The van der Waals surface area contributed by atoms with Crippen LogP contribution in [0.3, 0.4) is 0 Å². The number of carbonyl (C=O) groups is 1. The van der Waals surface area contributed by atoms with E-state index < -0.39 is 15.9 Å². The normalized spacial score (nSPS) is 11.3. The first-order chi connectivity index (χ1) is 13.8. The number of amides is 1. The highest BCUT2D eigenvalue weighted by molar-refractivity contribution is 7.89. The Morgan fingerprint density at radius 3 is 2.34 bits per heavy atom. The van der Waals surface area contributed by atoms with Crippen LogP contribution in [0.2, 0.25) is 5.02 Å². The molecule has 0 aliphatic rings. The van der Waals surface area contributed by atoms with E-state index in [1.807, 2.05) is 37.3 Å². The highest BCUT2D eigenvalue weighted by atomic mass is 35.5. The number of anilines is 1.